The quantitative estimate of drug-likeness (QED) is 0.707. The molecule has 4 rings (SSSR count). The van der Waals surface area contributed by atoms with Gasteiger partial charge < -0.3 is 10.2 Å². The van der Waals surface area contributed by atoms with Gasteiger partial charge in [-0.3, -0.25) is 9.59 Å². The van der Waals surface area contributed by atoms with Crippen LogP contribution in [-0.4, -0.2) is 46.3 Å². The molecule has 3 fully saturated rings. The van der Waals surface area contributed by atoms with Gasteiger partial charge in [-0.05, 0) is 67.8 Å². The van der Waals surface area contributed by atoms with Crippen molar-refractivity contribution in [3.63, 3.8) is 0 Å². The third-order valence-corrected chi connectivity index (χ3v) is 10.4. The van der Waals surface area contributed by atoms with Crippen molar-refractivity contribution in [2.45, 2.75) is 90.0 Å². The predicted octanol–water partition coefficient (Wildman–Crippen LogP) is 4.64. The summed E-state index contributed by atoms with van der Waals surface area (Å²) in [5.74, 6) is 2.96. The number of nitrogens with one attached hydrogen (secondary N) is 1. The van der Waals surface area contributed by atoms with Gasteiger partial charge >= 0.3 is 0 Å². The lowest BCUT2D eigenvalue weighted by Gasteiger charge is -2.60. The van der Waals surface area contributed by atoms with Crippen LogP contribution in [0.2, 0.25) is 0 Å². The lowest BCUT2D eigenvalue weighted by Crippen LogP contribution is -2.60. The number of carbonyl (C=O) groups is 2. The van der Waals surface area contributed by atoms with Crippen molar-refractivity contribution in [2.24, 2.45) is 28.6 Å². The first-order chi connectivity index (χ1) is 14.0. The minimum Gasteiger partial charge on any atom is -0.352 e. The van der Waals surface area contributed by atoms with Crippen LogP contribution in [0.5, 0.6) is 0 Å². The molecule has 0 spiro atoms. The van der Waals surface area contributed by atoms with E-state index in [9.17, 15) is 9.59 Å². The van der Waals surface area contributed by atoms with Crippen LogP contribution < -0.4 is 5.32 Å². The SMILES string of the molecule is CN1C(=O)C=C[C@@]2(C)C1CC[C@@H]1[C@H]2CC[C@]2(C)C(NC(=O)CSC(C)(C)C)CC[C@@H]12. The average Bonchev–Trinajstić information content (AvgIpc) is 2.99. The van der Waals surface area contributed by atoms with Gasteiger partial charge in [0.25, 0.3) is 0 Å². The fourth-order valence-corrected chi connectivity index (χ4v) is 8.14. The molecule has 0 aromatic heterocycles. The van der Waals surface area contributed by atoms with Crippen LogP contribution in [0.1, 0.15) is 73.1 Å². The van der Waals surface area contributed by atoms with Gasteiger partial charge in [-0.2, -0.15) is 0 Å². The van der Waals surface area contributed by atoms with Crippen LogP contribution in [0.15, 0.2) is 12.2 Å². The van der Waals surface area contributed by atoms with E-state index in [1.807, 2.05) is 18.0 Å². The van der Waals surface area contributed by atoms with Crippen molar-refractivity contribution < 1.29 is 9.59 Å². The third kappa shape index (κ3) is 3.63. The highest BCUT2D eigenvalue weighted by atomic mass is 32.2. The minimum absolute atomic E-state index is 0.0948. The summed E-state index contributed by atoms with van der Waals surface area (Å²) >= 11 is 1.73. The largest absolute Gasteiger partial charge is 0.352 e. The van der Waals surface area contributed by atoms with Crippen molar-refractivity contribution in [1.29, 1.82) is 0 Å². The van der Waals surface area contributed by atoms with Gasteiger partial charge in [0, 0.05) is 29.3 Å². The van der Waals surface area contributed by atoms with Crippen LogP contribution in [-0.2, 0) is 9.59 Å². The minimum atomic E-state index is 0.0948. The number of carbonyl (C=O) groups excluding carboxylic acids is 2. The van der Waals surface area contributed by atoms with Crippen LogP contribution in [0.4, 0.5) is 0 Å². The Labute approximate surface area is 187 Å². The number of amides is 2. The molecular formula is C25H40N2O2S. The monoisotopic (exact) mass is 432 g/mol. The predicted molar refractivity (Wildman–Crippen MR) is 124 cm³/mol. The number of nitrogens with zero attached hydrogens (tertiary/aromatic N) is 1. The lowest BCUT2D eigenvalue weighted by atomic mass is 9.48. The molecule has 4 nitrogen and oxygen atoms in total. The Balaban J connectivity index is 1.48. The highest BCUT2D eigenvalue weighted by molar-refractivity contribution is 8.01. The van der Waals surface area contributed by atoms with Crippen molar-refractivity contribution >= 4 is 23.6 Å². The average molecular weight is 433 g/mol. The maximum atomic E-state index is 12.7. The molecule has 2 unspecified atom stereocenters. The number of likely N-dealkylation sites (N-methyl/N-ethyl adjacent to an activating group) is 1. The zero-order chi connectivity index (χ0) is 21.9. The number of hydrogen-bond donors (Lipinski definition) is 1. The van der Waals surface area contributed by atoms with Crippen molar-refractivity contribution in [3.8, 4) is 0 Å². The van der Waals surface area contributed by atoms with Gasteiger partial charge in [0.05, 0.1) is 5.75 Å². The van der Waals surface area contributed by atoms with Crippen molar-refractivity contribution in [1.82, 2.24) is 10.2 Å². The normalized spacial score (nSPS) is 43.1. The molecule has 30 heavy (non-hydrogen) atoms. The molecule has 5 heteroatoms. The van der Waals surface area contributed by atoms with Crippen molar-refractivity contribution in [2.75, 3.05) is 12.8 Å². The Kier molecular flexibility index (Phi) is 5.61. The molecule has 0 saturated heterocycles. The summed E-state index contributed by atoms with van der Waals surface area (Å²) in [6.45, 7) is 11.3. The molecule has 0 aromatic carbocycles. The molecule has 0 aromatic rings. The van der Waals surface area contributed by atoms with E-state index in [1.165, 1.54) is 25.7 Å². The summed E-state index contributed by atoms with van der Waals surface area (Å²) in [7, 11) is 1.98. The van der Waals surface area contributed by atoms with E-state index in [2.05, 4.69) is 46.0 Å². The van der Waals surface area contributed by atoms with Crippen LogP contribution in [0, 0.1) is 28.6 Å². The van der Waals surface area contributed by atoms with Crippen molar-refractivity contribution in [3.05, 3.63) is 12.2 Å². The molecule has 1 N–H and O–H groups in total. The topological polar surface area (TPSA) is 49.4 Å². The molecular weight excluding hydrogens is 392 g/mol. The molecule has 3 aliphatic carbocycles. The number of hydrogen-bond acceptors (Lipinski definition) is 3. The first-order valence-electron chi connectivity index (χ1n) is 11.8. The summed E-state index contributed by atoms with van der Waals surface area (Å²) in [6.07, 6.45) is 11.1. The van der Waals surface area contributed by atoms with Gasteiger partial charge in [0.1, 0.15) is 0 Å². The second-order valence-electron chi connectivity index (χ2n) is 11.8. The number of fused-ring (bicyclic) bond motifs is 5. The second kappa shape index (κ2) is 7.56. The number of rotatable bonds is 3. The summed E-state index contributed by atoms with van der Waals surface area (Å²) in [5, 5.41) is 3.44. The summed E-state index contributed by atoms with van der Waals surface area (Å²) in [5.41, 5.74) is 0.310. The molecule has 7 atom stereocenters. The maximum absolute atomic E-state index is 12.7. The first kappa shape index (κ1) is 22.2. The molecule has 168 valence electrons. The van der Waals surface area contributed by atoms with Gasteiger partial charge in [0.2, 0.25) is 11.8 Å². The Morgan fingerprint density at radius 2 is 1.90 bits per heavy atom. The zero-order valence-corrected chi connectivity index (χ0v) is 20.5. The van der Waals surface area contributed by atoms with E-state index in [0.29, 0.717) is 35.6 Å². The Hall–Kier alpha value is -0.970. The molecule has 1 heterocycles. The zero-order valence-electron chi connectivity index (χ0n) is 19.7. The second-order valence-corrected chi connectivity index (χ2v) is 13.6. The summed E-state index contributed by atoms with van der Waals surface area (Å²) in [6, 6.07) is 0.653. The maximum Gasteiger partial charge on any atom is 0.246 e. The molecule has 0 bridgehead atoms. The van der Waals surface area contributed by atoms with Gasteiger partial charge in [0.15, 0.2) is 0 Å². The highest BCUT2D eigenvalue weighted by Crippen LogP contribution is 2.63. The van der Waals surface area contributed by atoms with Crippen LogP contribution >= 0.6 is 11.8 Å². The third-order valence-electron chi connectivity index (χ3n) is 9.10. The van der Waals surface area contributed by atoms with E-state index < -0.39 is 0 Å². The fourth-order valence-electron chi connectivity index (χ4n) is 7.49. The molecule has 2 amide bonds. The fraction of sp³-hybridized carbons (Fsp3) is 0.840. The van der Waals surface area contributed by atoms with Gasteiger partial charge in [-0.25, -0.2) is 0 Å². The first-order valence-corrected chi connectivity index (χ1v) is 12.8. The Bertz CT molecular complexity index is 744. The molecule has 1 aliphatic heterocycles. The molecule has 0 radical (unpaired) electrons. The standard InChI is InChI=1S/C25H40N2O2S/c1-23(2,3)30-15-21(28)26-19-9-8-17-16-7-10-20-25(5,14-12-22(29)27(20)6)18(16)11-13-24(17,19)4/h12,14,16-20H,7-11,13,15H2,1-6H3,(H,26,28)/t16-,17-,18+,19?,20?,24-,25+/m0/s1. The Morgan fingerprint density at radius 1 is 1.17 bits per heavy atom. The van der Waals surface area contributed by atoms with E-state index in [4.69, 9.17) is 0 Å². The van der Waals surface area contributed by atoms with Gasteiger partial charge in [-0.15, -0.1) is 11.8 Å². The van der Waals surface area contributed by atoms with E-state index in [0.717, 1.165) is 12.8 Å². The van der Waals surface area contributed by atoms with Crippen LogP contribution in [0.25, 0.3) is 0 Å². The number of thioether (sulfide) groups is 1. The molecule has 4 aliphatic rings. The van der Waals surface area contributed by atoms with Gasteiger partial charge in [-0.1, -0.05) is 40.7 Å². The van der Waals surface area contributed by atoms with E-state index >= 15 is 0 Å². The van der Waals surface area contributed by atoms with E-state index in [1.54, 1.807) is 11.8 Å². The lowest BCUT2D eigenvalue weighted by molar-refractivity contribution is -0.138. The van der Waals surface area contributed by atoms with E-state index in [-0.39, 0.29) is 27.4 Å². The molecule has 3 saturated carbocycles. The highest BCUT2D eigenvalue weighted by Gasteiger charge is 2.60. The Morgan fingerprint density at radius 3 is 2.60 bits per heavy atom. The summed E-state index contributed by atoms with van der Waals surface area (Å²) < 4.78 is 0.119. The summed E-state index contributed by atoms with van der Waals surface area (Å²) in [4.78, 5) is 26.9. The van der Waals surface area contributed by atoms with Crippen LogP contribution in [0.3, 0.4) is 0 Å². The smallest absolute Gasteiger partial charge is 0.246 e.